The summed E-state index contributed by atoms with van der Waals surface area (Å²) in [6.07, 6.45) is 0. The van der Waals surface area contributed by atoms with Crippen molar-refractivity contribution in [2.75, 3.05) is 5.32 Å². The lowest BCUT2D eigenvalue weighted by atomic mass is 10.1. The van der Waals surface area contributed by atoms with Crippen molar-refractivity contribution >= 4 is 28.6 Å². The van der Waals surface area contributed by atoms with E-state index >= 15 is 0 Å². The van der Waals surface area contributed by atoms with E-state index in [1.165, 1.54) is 5.56 Å². The minimum atomic E-state index is 0.553. The molecule has 0 aliphatic heterocycles. The number of aromatic nitrogens is 2. The van der Waals surface area contributed by atoms with E-state index in [2.05, 4.69) is 27.4 Å². The lowest BCUT2D eigenvalue weighted by molar-refractivity contribution is 1.09. The highest BCUT2D eigenvalue weighted by Gasteiger charge is 2.01. The molecule has 3 rings (SSSR count). The molecule has 0 saturated heterocycles. The molecule has 1 heterocycles. The zero-order valence-electron chi connectivity index (χ0n) is 10.4. The van der Waals surface area contributed by atoms with Gasteiger partial charge in [-0.2, -0.15) is 0 Å². The maximum Gasteiger partial charge on any atom is 0.201 e. The van der Waals surface area contributed by atoms with Crippen LogP contribution in [0.4, 0.5) is 5.95 Å². The van der Waals surface area contributed by atoms with E-state index in [1.807, 2.05) is 36.4 Å². The van der Waals surface area contributed by atoms with E-state index in [4.69, 9.17) is 11.6 Å². The first-order valence-electron chi connectivity index (χ1n) is 6.17. The van der Waals surface area contributed by atoms with Crippen molar-refractivity contribution in [1.29, 1.82) is 0 Å². The van der Waals surface area contributed by atoms with Crippen LogP contribution in [0, 0.1) is 0 Å². The quantitative estimate of drug-likeness (QED) is 0.706. The van der Waals surface area contributed by atoms with Gasteiger partial charge in [-0.15, -0.1) is 11.6 Å². The number of aromatic amines is 1. The van der Waals surface area contributed by atoms with Crippen molar-refractivity contribution in [1.82, 2.24) is 9.97 Å². The Kier molecular flexibility index (Phi) is 3.38. The highest BCUT2D eigenvalue weighted by molar-refractivity contribution is 6.17. The fourth-order valence-corrected chi connectivity index (χ4v) is 2.15. The molecule has 0 fully saturated rings. The summed E-state index contributed by atoms with van der Waals surface area (Å²) >= 11 is 5.77. The molecule has 0 aliphatic carbocycles. The molecule has 96 valence electrons. The van der Waals surface area contributed by atoms with Gasteiger partial charge < -0.3 is 10.3 Å². The average Bonchev–Trinajstić information content (AvgIpc) is 2.88. The van der Waals surface area contributed by atoms with Gasteiger partial charge >= 0.3 is 0 Å². The molecule has 0 radical (unpaired) electrons. The molecule has 0 spiro atoms. The van der Waals surface area contributed by atoms with Crippen LogP contribution in [0.25, 0.3) is 11.0 Å². The lowest BCUT2D eigenvalue weighted by Gasteiger charge is -2.03. The van der Waals surface area contributed by atoms with Crippen molar-refractivity contribution in [3.05, 3.63) is 59.7 Å². The maximum atomic E-state index is 5.77. The number of halogens is 1. The molecule has 1 aromatic heterocycles. The second kappa shape index (κ2) is 5.33. The molecular formula is C15H14ClN3. The Morgan fingerprint density at radius 2 is 1.74 bits per heavy atom. The minimum Gasteiger partial charge on any atom is -0.352 e. The Morgan fingerprint density at radius 1 is 1.00 bits per heavy atom. The topological polar surface area (TPSA) is 40.7 Å². The van der Waals surface area contributed by atoms with Gasteiger partial charge in [-0.3, -0.25) is 0 Å². The molecule has 19 heavy (non-hydrogen) atoms. The first-order chi connectivity index (χ1) is 9.35. The van der Waals surface area contributed by atoms with Gasteiger partial charge in [-0.1, -0.05) is 36.4 Å². The Hall–Kier alpha value is -2.00. The van der Waals surface area contributed by atoms with Gasteiger partial charge in [0, 0.05) is 12.4 Å². The van der Waals surface area contributed by atoms with Crippen molar-refractivity contribution in [2.45, 2.75) is 12.4 Å². The Bertz CT molecular complexity index is 640. The van der Waals surface area contributed by atoms with E-state index in [0.29, 0.717) is 5.88 Å². The van der Waals surface area contributed by atoms with E-state index in [1.54, 1.807) is 0 Å². The summed E-state index contributed by atoms with van der Waals surface area (Å²) in [5, 5.41) is 3.29. The van der Waals surface area contributed by atoms with Crippen LogP contribution >= 0.6 is 11.6 Å². The standard InChI is InChI=1S/C15H14ClN3/c16-9-11-5-7-12(8-6-11)10-17-15-18-13-3-1-2-4-14(13)19-15/h1-8H,9-10H2,(H2,17,18,19). The summed E-state index contributed by atoms with van der Waals surface area (Å²) < 4.78 is 0. The molecule has 4 heteroatoms. The second-order valence-corrected chi connectivity index (χ2v) is 4.67. The van der Waals surface area contributed by atoms with Gasteiger partial charge in [0.2, 0.25) is 5.95 Å². The molecule has 3 nitrogen and oxygen atoms in total. The minimum absolute atomic E-state index is 0.553. The average molecular weight is 272 g/mol. The number of nitrogens with one attached hydrogen (secondary N) is 2. The van der Waals surface area contributed by atoms with Crippen molar-refractivity contribution in [3.8, 4) is 0 Å². The van der Waals surface area contributed by atoms with Crippen LogP contribution in [0.3, 0.4) is 0 Å². The predicted molar refractivity (Wildman–Crippen MR) is 79.4 cm³/mol. The predicted octanol–water partition coefficient (Wildman–Crippen LogP) is 3.91. The zero-order chi connectivity index (χ0) is 13.1. The van der Waals surface area contributed by atoms with Crippen LogP contribution in [0.2, 0.25) is 0 Å². The Labute approximate surface area is 116 Å². The SMILES string of the molecule is ClCc1ccc(CNc2nc3ccccc3[nH]2)cc1. The van der Waals surface area contributed by atoms with Crippen LogP contribution in [0.15, 0.2) is 48.5 Å². The van der Waals surface area contributed by atoms with Crippen LogP contribution in [0.1, 0.15) is 11.1 Å². The summed E-state index contributed by atoms with van der Waals surface area (Å²) in [5.41, 5.74) is 4.36. The number of para-hydroxylation sites is 2. The van der Waals surface area contributed by atoms with Crippen molar-refractivity contribution < 1.29 is 0 Å². The molecule has 3 aromatic rings. The Morgan fingerprint density at radius 3 is 2.47 bits per heavy atom. The van der Waals surface area contributed by atoms with Crippen LogP contribution in [-0.4, -0.2) is 9.97 Å². The summed E-state index contributed by atoms with van der Waals surface area (Å²) in [6.45, 7) is 0.738. The molecule has 0 amide bonds. The highest BCUT2D eigenvalue weighted by Crippen LogP contribution is 2.14. The summed E-state index contributed by atoms with van der Waals surface area (Å²) in [7, 11) is 0. The van der Waals surface area contributed by atoms with Crippen LogP contribution in [-0.2, 0) is 12.4 Å². The largest absolute Gasteiger partial charge is 0.352 e. The number of H-pyrrole nitrogens is 1. The van der Waals surface area contributed by atoms with Crippen LogP contribution < -0.4 is 5.32 Å². The first kappa shape index (κ1) is 12.1. The number of alkyl halides is 1. The number of hydrogen-bond donors (Lipinski definition) is 2. The molecule has 0 unspecified atom stereocenters. The highest BCUT2D eigenvalue weighted by atomic mass is 35.5. The fourth-order valence-electron chi connectivity index (χ4n) is 1.97. The van der Waals surface area contributed by atoms with Crippen LogP contribution in [0.5, 0.6) is 0 Å². The number of anilines is 1. The third kappa shape index (κ3) is 2.71. The maximum absolute atomic E-state index is 5.77. The van der Waals surface area contributed by atoms with Crippen molar-refractivity contribution in [3.63, 3.8) is 0 Å². The monoisotopic (exact) mass is 271 g/mol. The third-order valence-corrected chi connectivity index (χ3v) is 3.34. The number of imidazole rings is 1. The van der Waals surface area contributed by atoms with Gasteiger partial charge in [0.25, 0.3) is 0 Å². The number of hydrogen-bond acceptors (Lipinski definition) is 2. The molecule has 0 aliphatic rings. The Balaban J connectivity index is 1.70. The van der Waals surface area contributed by atoms with E-state index < -0.39 is 0 Å². The van der Waals surface area contributed by atoms with Gasteiger partial charge in [0.05, 0.1) is 11.0 Å². The molecule has 0 atom stereocenters. The molecule has 2 N–H and O–H groups in total. The smallest absolute Gasteiger partial charge is 0.201 e. The third-order valence-electron chi connectivity index (χ3n) is 3.03. The number of benzene rings is 2. The molecule has 2 aromatic carbocycles. The second-order valence-electron chi connectivity index (χ2n) is 4.41. The van der Waals surface area contributed by atoms with Crippen molar-refractivity contribution in [2.24, 2.45) is 0 Å². The first-order valence-corrected chi connectivity index (χ1v) is 6.71. The van der Waals surface area contributed by atoms with E-state index in [9.17, 15) is 0 Å². The van der Waals surface area contributed by atoms with Gasteiger partial charge in [-0.25, -0.2) is 4.98 Å². The van der Waals surface area contributed by atoms with E-state index in [0.717, 1.165) is 29.1 Å². The normalized spacial score (nSPS) is 10.8. The summed E-state index contributed by atoms with van der Waals surface area (Å²) in [5.74, 6) is 1.35. The van der Waals surface area contributed by atoms with Gasteiger partial charge in [0.15, 0.2) is 0 Å². The van der Waals surface area contributed by atoms with Gasteiger partial charge in [-0.05, 0) is 23.3 Å². The number of rotatable bonds is 4. The van der Waals surface area contributed by atoms with E-state index in [-0.39, 0.29) is 0 Å². The molecular weight excluding hydrogens is 258 g/mol. The van der Waals surface area contributed by atoms with Gasteiger partial charge in [0.1, 0.15) is 0 Å². The fraction of sp³-hybridized carbons (Fsp3) is 0.133. The zero-order valence-corrected chi connectivity index (χ0v) is 11.1. The molecule has 0 bridgehead atoms. The summed E-state index contributed by atoms with van der Waals surface area (Å²) in [4.78, 5) is 7.72. The number of fused-ring (bicyclic) bond motifs is 1. The summed E-state index contributed by atoms with van der Waals surface area (Å²) in [6, 6.07) is 16.2. The molecule has 0 saturated carbocycles. The number of nitrogens with zero attached hydrogens (tertiary/aromatic N) is 1. The lowest BCUT2D eigenvalue weighted by Crippen LogP contribution is -2.00.